The highest BCUT2D eigenvalue weighted by Gasteiger charge is 2.06. The van der Waals surface area contributed by atoms with Gasteiger partial charge in [0.05, 0.1) is 5.51 Å². The average molecular weight is 211 g/mol. The fourth-order valence-corrected chi connectivity index (χ4v) is 1.04. The number of rotatable bonds is 0. The first-order valence-corrected chi connectivity index (χ1v) is 4.73. The summed E-state index contributed by atoms with van der Waals surface area (Å²) in [7, 11) is 0. The summed E-state index contributed by atoms with van der Waals surface area (Å²) in [5.74, 6) is 0. The SMILES string of the molecule is O=C(O)N1C=CC=NC1.c1cscn1. The van der Waals surface area contributed by atoms with Crippen LogP contribution in [0.25, 0.3) is 0 Å². The Morgan fingerprint density at radius 1 is 1.57 bits per heavy atom. The molecule has 2 rings (SSSR count). The molecule has 5 nitrogen and oxygen atoms in total. The smallest absolute Gasteiger partial charge is 0.412 e. The summed E-state index contributed by atoms with van der Waals surface area (Å²) in [5, 5.41) is 10.3. The molecule has 6 heteroatoms. The molecule has 0 saturated heterocycles. The zero-order valence-corrected chi connectivity index (χ0v) is 8.09. The van der Waals surface area contributed by atoms with Crippen molar-refractivity contribution in [1.29, 1.82) is 0 Å². The topological polar surface area (TPSA) is 65.8 Å². The molecule has 0 fully saturated rings. The van der Waals surface area contributed by atoms with Crippen LogP contribution in [0, 0.1) is 0 Å². The van der Waals surface area contributed by atoms with Gasteiger partial charge in [-0.25, -0.2) is 4.79 Å². The van der Waals surface area contributed by atoms with E-state index in [1.54, 1.807) is 35.3 Å². The van der Waals surface area contributed by atoms with Gasteiger partial charge in [0, 0.05) is 24.0 Å². The second-order valence-corrected chi connectivity index (χ2v) is 3.00. The number of carboxylic acid groups (broad SMARTS) is 1. The number of aliphatic imine (C=N–C) groups is 1. The molecule has 0 aromatic carbocycles. The van der Waals surface area contributed by atoms with Crippen molar-refractivity contribution >= 4 is 23.6 Å². The fraction of sp³-hybridized carbons (Fsp3) is 0.125. The summed E-state index contributed by atoms with van der Waals surface area (Å²) in [6, 6.07) is 0. The molecule has 0 bridgehead atoms. The first-order valence-electron chi connectivity index (χ1n) is 3.79. The van der Waals surface area contributed by atoms with E-state index in [-0.39, 0.29) is 6.67 Å². The lowest BCUT2D eigenvalue weighted by molar-refractivity contribution is 0.164. The van der Waals surface area contributed by atoms with E-state index in [0.29, 0.717) is 0 Å². The molecule has 1 N–H and O–H groups in total. The van der Waals surface area contributed by atoms with Crippen LogP contribution in [0.15, 0.2) is 34.4 Å². The number of allylic oxidation sites excluding steroid dienone is 1. The van der Waals surface area contributed by atoms with Crippen molar-refractivity contribution in [3.05, 3.63) is 29.4 Å². The van der Waals surface area contributed by atoms with E-state index >= 15 is 0 Å². The monoisotopic (exact) mass is 211 g/mol. The van der Waals surface area contributed by atoms with Crippen LogP contribution >= 0.6 is 11.3 Å². The van der Waals surface area contributed by atoms with Crippen LogP contribution in [-0.4, -0.2) is 34.0 Å². The Morgan fingerprint density at radius 3 is 2.71 bits per heavy atom. The third-order valence-electron chi connectivity index (χ3n) is 1.28. The zero-order valence-electron chi connectivity index (χ0n) is 7.28. The van der Waals surface area contributed by atoms with E-state index in [2.05, 4.69) is 9.98 Å². The minimum absolute atomic E-state index is 0.214. The number of hydrogen-bond donors (Lipinski definition) is 1. The van der Waals surface area contributed by atoms with Gasteiger partial charge in [0.15, 0.2) is 0 Å². The van der Waals surface area contributed by atoms with Crippen LogP contribution in [0.1, 0.15) is 0 Å². The molecular formula is C8H9N3O2S. The highest BCUT2D eigenvalue weighted by molar-refractivity contribution is 7.07. The lowest BCUT2D eigenvalue weighted by Gasteiger charge is -2.12. The van der Waals surface area contributed by atoms with Crippen molar-refractivity contribution in [3.8, 4) is 0 Å². The van der Waals surface area contributed by atoms with Crippen LogP contribution < -0.4 is 0 Å². The third kappa shape index (κ3) is 3.81. The van der Waals surface area contributed by atoms with Gasteiger partial charge in [-0.05, 0) is 6.08 Å². The number of nitrogens with zero attached hydrogens (tertiary/aromatic N) is 3. The number of carbonyl (C=O) groups is 1. The predicted octanol–water partition coefficient (Wildman–Crippen LogP) is 1.67. The third-order valence-corrected chi connectivity index (χ3v) is 1.81. The molecular weight excluding hydrogens is 202 g/mol. The minimum atomic E-state index is -0.969. The maximum absolute atomic E-state index is 10.2. The molecule has 74 valence electrons. The molecule has 1 aliphatic rings. The van der Waals surface area contributed by atoms with Crippen molar-refractivity contribution in [2.75, 3.05) is 6.67 Å². The van der Waals surface area contributed by atoms with Gasteiger partial charge in [-0.3, -0.25) is 14.9 Å². The molecule has 1 aromatic heterocycles. The summed E-state index contributed by atoms with van der Waals surface area (Å²) in [5.41, 5.74) is 1.79. The van der Waals surface area contributed by atoms with E-state index in [1.165, 1.54) is 6.20 Å². The first-order chi connectivity index (χ1) is 6.80. The number of thiazole rings is 1. The normalized spacial score (nSPS) is 13.3. The Bertz CT molecular complexity index is 304. The highest BCUT2D eigenvalue weighted by Crippen LogP contribution is 1.94. The Hall–Kier alpha value is -1.69. The van der Waals surface area contributed by atoms with Crippen LogP contribution in [0.5, 0.6) is 0 Å². The van der Waals surface area contributed by atoms with Crippen molar-refractivity contribution in [2.24, 2.45) is 4.99 Å². The lowest BCUT2D eigenvalue weighted by atomic mass is 10.5. The standard InChI is InChI=1S/C5H6N2O2.C3H3NS/c8-5(9)7-3-1-2-6-4-7;1-2-5-3-4-1/h1-3H,4H2,(H,8,9);1-3H. The van der Waals surface area contributed by atoms with E-state index in [4.69, 9.17) is 5.11 Å². The van der Waals surface area contributed by atoms with E-state index in [0.717, 1.165) is 4.90 Å². The highest BCUT2D eigenvalue weighted by atomic mass is 32.1. The number of amides is 1. The maximum atomic E-state index is 10.2. The molecule has 1 aromatic rings. The Kier molecular flexibility index (Phi) is 4.36. The van der Waals surface area contributed by atoms with Crippen molar-refractivity contribution < 1.29 is 9.90 Å². The van der Waals surface area contributed by atoms with Gasteiger partial charge in [0.25, 0.3) is 0 Å². The van der Waals surface area contributed by atoms with Gasteiger partial charge >= 0.3 is 6.09 Å². The second-order valence-electron chi connectivity index (χ2n) is 2.24. The van der Waals surface area contributed by atoms with E-state index in [9.17, 15) is 4.79 Å². The molecule has 0 aliphatic carbocycles. The number of aromatic nitrogens is 1. The lowest BCUT2D eigenvalue weighted by Crippen LogP contribution is -2.25. The predicted molar refractivity (Wildman–Crippen MR) is 54.5 cm³/mol. The Morgan fingerprint density at radius 2 is 2.43 bits per heavy atom. The summed E-state index contributed by atoms with van der Waals surface area (Å²) < 4.78 is 0. The molecule has 14 heavy (non-hydrogen) atoms. The molecule has 2 heterocycles. The largest absolute Gasteiger partial charge is 0.465 e. The van der Waals surface area contributed by atoms with Crippen LogP contribution in [-0.2, 0) is 0 Å². The van der Waals surface area contributed by atoms with Gasteiger partial charge in [-0.2, -0.15) is 0 Å². The van der Waals surface area contributed by atoms with Gasteiger partial charge in [-0.1, -0.05) is 0 Å². The second kappa shape index (κ2) is 5.87. The van der Waals surface area contributed by atoms with E-state index < -0.39 is 6.09 Å². The molecule has 1 aliphatic heterocycles. The van der Waals surface area contributed by atoms with Crippen molar-refractivity contribution in [1.82, 2.24) is 9.88 Å². The molecule has 0 spiro atoms. The average Bonchev–Trinajstić information content (AvgIpc) is 2.77. The summed E-state index contributed by atoms with van der Waals surface area (Å²) in [6.07, 6.45) is 5.42. The first kappa shape index (κ1) is 10.4. The zero-order chi connectivity index (χ0) is 10.2. The van der Waals surface area contributed by atoms with E-state index in [1.807, 2.05) is 5.38 Å². The molecule has 0 radical (unpaired) electrons. The van der Waals surface area contributed by atoms with Crippen molar-refractivity contribution in [3.63, 3.8) is 0 Å². The van der Waals surface area contributed by atoms with Gasteiger partial charge < -0.3 is 5.11 Å². The Balaban J connectivity index is 0.000000165. The quantitative estimate of drug-likeness (QED) is 0.709. The Labute approximate surface area is 85.0 Å². The fourth-order valence-electron chi connectivity index (χ4n) is 0.685. The molecule has 0 unspecified atom stereocenters. The summed E-state index contributed by atoms with van der Waals surface area (Å²) >= 11 is 1.60. The minimum Gasteiger partial charge on any atom is -0.465 e. The van der Waals surface area contributed by atoms with Gasteiger partial charge in [0.1, 0.15) is 6.67 Å². The molecule has 0 saturated carbocycles. The van der Waals surface area contributed by atoms with Crippen LogP contribution in [0.2, 0.25) is 0 Å². The van der Waals surface area contributed by atoms with Gasteiger partial charge in [0.2, 0.25) is 0 Å². The number of hydrogen-bond acceptors (Lipinski definition) is 4. The molecule has 0 atom stereocenters. The van der Waals surface area contributed by atoms with Gasteiger partial charge in [-0.15, -0.1) is 11.3 Å². The van der Waals surface area contributed by atoms with Crippen LogP contribution in [0.4, 0.5) is 4.79 Å². The summed E-state index contributed by atoms with van der Waals surface area (Å²) in [6.45, 7) is 0.214. The van der Waals surface area contributed by atoms with Crippen LogP contribution in [0.3, 0.4) is 0 Å². The summed E-state index contributed by atoms with van der Waals surface area (Å²) in [4.78, 5) is 18.7. The molecule has 1 amide bonds. The maximum Gasteiger partial charge on any atom is 0.412 e. The van der Waals surface area contributed by atoms with Crippen molar-refractivity contribution in [2.45, 2.75) is 0 Å².